The van der Waals surface area contributed by atoms with Crippen LogP contribution in [0.15, 0.2) is 42.5 Å². The van der Waals surface area contributed by atoms with Crippen molar-refractivity contribution in [2.75, 3.05) is 40.4 Å². The summed E-state index contributed by atoms with van der Waals surface area (Å²) in [7, 11) is 3.32. The summed E-state index contributed by atoms with van der Waals surface area (Å²) in [6.07, 6.45) is 0. The van der Waals surface area contributed by atoms with Crippen molar-refractivity contribution in [1.82, 2.24) is 4.90 Å². The van der Waals surface area contributed by atoms with E-state index >= 15 is 0 Å². The second-order valence-electron chi connectivity index (χ2n) is 6.40. The molecule has 2 aromatic carbocycles. The Bertz CT molecular complexity index is 756. The minimum Gasteiger partial charge on any atom is -0.497 e. The van der Waals surface area contributed by atoms with Crippen LogP contribution in [0.3, 0.4) is 0 Å². The maximum Gasteiger partial charge on any atom is 0.254 e. The van der Waals surface area contributed by atoms with Gasteiger partial charge in [0.25, 0.3) is 5.91 Å². The van der Waals surface area contributed by atoms with E-state index < -0.39 is 0 Å². The number of halogens is 1. The van der Waals surface area contributed by atoms with Crippen molar-refractivity contribution in [2.24, 2.45) is 0 Å². The summed E-state index contributed by atoms with van der Waals surface area (Å²) in [6, 6.07) is 11.5. The van der Waals surface area contributed by atoms with Crippen LogP contribution in [0.2, 0.25) is 0 Å². The number of carbonyl (C=O) groups is 1. The molecule has 0 bridgehead atoms. The third-order valence-electron chi connectivity index (χ3n) is 4.78. The van der Waals surface area contributed by atoms with Crippen molar-refractivity contribution in [3.05, 3.63) is 59.4 Å². The quantitative estimate of drug-likeness (QED) is 0.877. The lowest BCUT2D eigenvalue weighted by molar-refractivity contribution is -0.917. The standard InChI is InChI=1S/C20H23FN2O3/c1-25-18-7-8-19(26-2)16(13-18)14-22-9-11-23(12-10-22)20(24)15-3-5-17(21)6-4-15/h3-8,13H,9-12,14H2,1-2H3/p+1. The maximum atomic E-state index is 13.0. The topological polar surface area (TPSA) is 43.2 Å². The van der Waals surface area contributed by atoms with Crippen LogP contribution in [-0.4, -0.2) is 51.2 Å². The van der Waals surface area contributed by atoms with E-state index in [4.69, 9.17) is 9.47 Å². The lowest BCUT2D eigenvalue weighted by Crippen LogP contribution is -3.13. The molecule has 0 saturated carbocycles. The highest BCUT2D eigenvalue weighted by molar-refractivity contribution is 5.94. The molecule has 0 aliphatic carbocycles. The third-order valence-corrected chi connectivity index (χ3v) is 4.78. The SMILES string of the molecule is COc1ccc(OC)c(C[NH+]2CCN(C(=O)c3ccc(F)cc3)CC2)c1. The third kappa shape index (κ3) is 4.14. The lowest BCUT2D eigenvalue weighted by Gasteiger charge is -2.32. The van der Waals surface area contributed by atoms with Gasteiger partial charge in [-0.25, -0.2) is 4.39 Å². The molecular weight excluding hydrogens is 335 g/mol. The molecule has 0 aromatic heterocycles. The van der Waals surface area contributed by atoms with Gasteiger partial charge in [-0.3, -0.25) is 4.79 Å². The van der Waals surface area contributed by atoms with Crippen LogP contribution in [0.5, 0.6) is 11.5 Å². The normalized spacial score (nSPS) is 15.0. The molecule has 1 heterocycles. The zero-order valence-corrected chi connectivity index (χ0v) is 15.1. The van der Waals surface area contributed by atoms with E-state index in [0.717, 1.165) is 36.7 Å². The van der Waals surface area contributed by atoms with E-state index in [1.165, 1.54) is 29.2 Å². The molecule has 138 valence electrons. The lowest BCUT2D eigenvalue weighted by atomic mass is 10.1. The van der Waals surface area contributed by atoms with Crippen LogP contribution in [-0.2, 0) is 6.54 Å². The van der Waals surface area contributed by atoms with E-state index in [-0.39, 0.29) is 11.7 Å². The van der Waals surface area contributed by atoms with Crippen LogP contribution >= 0.6 is 0 Å². The fraction of sp³-hybridized carbons (Fsp3) is 0.350. The van der Waals surface area contributed by atoms with Gasteiger partial charge in [0.15, 0.2) is 0 Å². The van der Waals surface area contributed by atoms with Crippen molar-refractivity contribution in [1.29, 1.82) is 0 Å². The number of hydrogen-bond acceptors (Lipinski definition) is 3. The molecule has 0 spiro atoms. The molecule has 1 aliphatic heterocycles. The smallest absolute Gasteiger partial charge is 0.254 e. The second-order valence-corrected chi connectivity index (χ2v) is 6.40. The van der Waals surface area contributed by atoms with Crippen molar-refractivity contribution < 1.29 is 23.6 Å². The average molecular weight is 359 g/mol. The minimum atomic E-state index is -0.331. The molecule has 5 nitrogen and oxygen atoms in total. The Morgan fingerprint density at radius 1 is 1.08 bits per heavy atom. The molecular formula is C20H24FN2O3+. The first kappa shape index (κ1) is 18.2. The number of methoxy groups -OCH3 is 2. The summed E-state index contributed by atoms with van der Waals surface area (Å²) >= 11 is 0. The summed E-state index contributed by atoms with van der Waals surface area (Å²) in [5, 5.41) is 0. The molecule has 6 heteroatoms. The number of benzene rings is 2. The van der Waals surface area contributed by atoms with E-state index in [2.05, 4.69) is 0 Å². The highest BCUT2D eigenvalue weighted by Gasteiger charge is 2.25. The summed E-state index contributed by atoms with van der Waals surface area (Å²) in [5.41, 5.74) is 1.63. The van der Waals surface area contributed by atoms with E-state index in [9.17, 15) is 9.18 Å². The van der Waals surface area contributed by atoms with Gasteiger partial charge in [-0.05, 0) is 42.5 Å². The molecule has 26 heavy (non-hydrogen) atoms. The monoisotopic (exact) mass is 359 g/mol. The van der Waals surface area contributed by atoms with Crippen molar-refractivity contribution in [3.8, 4) is 11.5 Å². The van der Waals surface area contributed by atoms with Gasteiger partial charge in [0, 0.05) is 5.56 Å². The zero-order valence-electron chi connectivity index (χ0n) is 15.1. The van der Waals surface area contributed by atoms with Gasteiger partial charge < -0.3 is 19.3 Å². The number of amides is 1. The summed E-state index contributed by atoms with van der Waals surface area (Å²) in [6.45, 7) is 3.88. The van der Waals surface area contributed by atoms with Gasteiger partial charge in [-0.2, -0.15) is 0 Å². The van der Waals surface area contributed by atoms with Crippen molar-refractivity contribution in [3.63, 3.8) is 0 Å². The molecule has 1 saturated heterocycles. The van der Waals surface area contributed by atoms with Gasteiger partial charge in [0.2, 0.25) is 0 Å². The highest BCUT2D eigenvalue weighted by Crippen LogP contribution is 2.23. The molecule has 1 aliphatic rings. The van der Waals surface area contributed by atoms with E-state index in [0.29, 0.717) is 18.7 Å². The number of piperazine rings is 1. The molecule has 0 unspecified atom stereocenters. The molecule has 2 aromatic rings. The largest absolute Gasteiger partial charge is 0.497 e. The number of hydrogen-bond donors (Lipinski definition) is 1. The molecule has 1 fully saturated rings. The fourth-order valence-corrected chi connectivity index (χ4v) is 3.27. The van der Waals surface area contributed by atoms with Gasteiger partial charge in [0.05, 0.1) is 46.0 Å². The second kappa shape index (κ2) is 8.19. The van der Waals surface area contributed by atoms with Gasteiger partial charge >= 0.3 is 0 Å². The fourth-order valence-electron chi connectivity index (χ4n) is 3.27. The number of nitrogens with one attached hydrogen (secondary N) is 1. The summed E-state index contributed by atoms with van der Waals surface area (Å²) in [5.74, 6) is 1.29. The van der Waals surface area contributed by atoms with Crippen LogP contribution in [0.4, 0.5) is 4.39 Å². The Kier molecular flexibility index (Phi) is 5.73. The van der Waals surface area contributed by atoms with Crippen molar-refractivity contribution >= 4 is 5.91 Å². The average Bonchev–Trinajstić information content (AvgIpc) is 2.68. The molecule has 0 atom stereocenters. The Hall–Kier alpha value is -2.60. The summed E-state index contributed by atoms with van der Waals surface area (Å²) in [4.78, 5) is 15.7. The first-order valence-electron chi connectivity index (χ1n) is 8.70. The number of rotatable bonds is 5. The number of ether oxygens (including phenoxy) is 2. The zero-order chi connectivity index (χ0) is 18.5. The predicted molar refractivity (Wildman–Crippen MR) is 96.3 cm³/mol. The van der Waals surface area contributed by atoms with Crippen LogP contribution in [0, 0.1) is 5.82 Å². The minimum absolute atomic E-state index is 0.0389. The van der Waals surface area contributed by atoms with E-state index in [1.54, 1.807) is 14.2 Å². The maximum absolute atomic E-state index is 13.0. The number of carbonyl (C=O) groups excluding carboxylic acids is 1. The van der Waals surface area contributed by atoms with Crippen LogP contribution < -0.4 is 14.4 Å². The van der Waals surface area contributed by atoms with Gasteiger partial charge in [-0.1, -0.05) is 0 Å². The van der Waals surface area contributed by atoms with Crippen LogP contribution in [0.1, 0.15) is 15.9 Å². The Balaban J connectivity index is 1.60. The van der Waals surface area contributed by atoms with Gasteiger partial charge in [0.1, 0.15) is 23.9 Å². The Morgan fingerprint density at radius 2 is 1.77 bits per heavy atom. The number of quaternary nitrogens is 1. The molecule has 0 radical (unpaired) electrons. The first-order chi connectivity index (χ1) is 12.6. The molecule has 1 N–H and O–H groups in total. The van der Waals surface area contributed by atoms with E-state index in [1.807, 2.05) is 23.1 Å². The van der Waals surface area contributed by atoms with Gasteiger partial charge in [-0.15, -0.1) is 0 Å². The Morgan fingerprint density at radius 3 is 2.38 bits per heavy atom. The van der Waals surface area contributed by atoms with Crippen molar-refractivity contribution in [2.45, 2.75) is 6.54 Å². The first-order valence-corrected chi connectivity index (χ1v) is 8.70. The molecule has 1 amide bonds. The van der Waals surface area contributed by atoms with Crippen LogP contribution in [0.25, 0.3) is 0 Å². The summed E-state index contributed by atoms with van der Waals surface area (Å²) < 4.78 is 23.8. The molecule has 3 rings (SSSR count). The number of nitrogens with zero attached hydrogens (tertiary/aromatic N) is 1. The highest BCUT2D eigenvalue weighted by atomic mass is 19.1. The predicted octanol–water partition coefficient (Wildman–Crippen LogP) is 1.38. The Labute approximate surface area is 152 Å².